The fourth-order valence-corrected chi connectivity index (χ4v) is 3.28. The maximum atomic E-state index is 13.5. The zero-order chi connectivity index (χ0) is 19.6. The van der Waals surface area contributed by atoms with Gasteiger partial charge < -0.3 is 9.47 Å². The lowest BCUT2D eigenvalue weighted by atomic mass is 9.77. The summed E-state index contributed by atoms with van der Waals surface area (Å²) in [6.45, 7) is 4.46. The molecule has 0 aliphatic heterocycles. The number of carbonyl (C=O) groups excluding carboxylic acids is 1. The summed E-state index contributed by atoms with van der Waals surface area (Å²) in [6, 6.07) is 8.21. The predicted octanol–water partition coefficient (Wildman–Crippen LogP) is 4.00. The van der Waals surface area contributed by atoms with Crippen LogP contribution in [-0.2, 0) is 19.8 Å². The number of nitrogens with zero attached hydrogens (tertiary/aromatic N) is 3. The number of hydrogen-bond donors (Lipinski definition) is 0. The molecule has 1 aliphatic carbocycles. The van der Waals surface area contributed by atoms with E-state index in [4.69, 9.17) is 21.1 Å². The van der Waals surface area contributed by atoms with E-state index in [1.54, 1.807) is 12.1 Å². The van der Waals surface area contributed by atoms with Crippen molar-refractivity contribution in [2.45, 2.75) is 38.5 Å². The SMILES string of the molecule is CCOC(OCC)c1cc(-c2ccc(F)c(Cl)c2)nn1C1(C#N)CC(=O)C1. The van der Waals surface area contributed by atoms with Crippen LogP contribution in [0.4, 0.5) is 4.39 Å². The molecule has 2 aromatic rings. The van der Waals surface area contributed by atoms with Crippen LogP contribution >= 0.6 is 11.6 Å². The molecule has 6 nitrogen and oxygen atoms in total. The summed E-state index contributed by atoms with van der Waals surface area (Å²) >= 11 is 5.89. The van der Waals surface area contributed by atoms with Crippen LogP contribution in [0, 0.1) is 17.1 Å². The summed E-state index contributed by atoms with van der Waals surface area (Å²) < 4.78 is 26.4. The van der Waals surface area contributed by atoms with Crippen LogP contribution < -0.4 is 0 Å². The average Bonchev–Trinajstić information content (AvgIpc) is 3.06. The van der Waals surface area contributed by atoms with E-state index in [1.165, 1.54) is 16.8 Å². The summed E-state index contributed by atoms with van der Waals surface area (Å²) in [6.07, 6.45) is -0.586. The van der Waals surface area contributed by atoms with Gasteiger partial charge in [-0.1, -0.05) is 11.6 Å². The lowest BCUT2D eigenvalue weighted by Crippen LogP contribution is -2.47. The summed E-state index contributed by atoms with van der Waals surface area (Å²) in [7, 11) is 0. The molecule has 0 saturated heterocycles. The Labute approximate surface area is 161 Å². The molecule has 1 aliphatic rings. The third-order valence-electron chi connectivity index (χ3n) is 4.42. The Kier molecular flexibility index (Phi) is 5.61. The molecular weight excluding hydrogens is 373 g/mol. The number of halogens is 2. The lowest BCUT2D eigenvalue weighted by molar-refractivity contribution is -0.148. The van der Waals surface area contributed by atoms with E-state index in [0.717, 1.165) is 0 Å². The van der Waals surface area contributed by atoms with Crippen molar-refractivity contribution in [2.24, 2.45) is 0 Å². The highest BCUT2D eigenvalue weighted by atomic mass is 35.5. The fraction of sp³-hybridized carbons (Fsp3) is 0.421. The maximum absolute atomic E-state index is 13.5. The Hall–Kier alpha value is -2.27. The van der Waals surface area contributed by atoms with E-state index in [0.29, 0.717) is 30.2 Å². The van der Waals surface area contributed by atoms with Crippen molar-refractivity contribution in [1.82, 2.24) is 9.78 Å². The first-order valence-electron chi connectivity index (χ1n) is 8.66. The van der Waals surface area contributed by atoms with Crippen molar-refractivity contribution in [3.8, 4) is 17.3 Å². The van der Waals surface area contributed by atoms with Gasteiger partial charge in [-0.15, -0.1) is 0 Å². The van der Waals surface area contributed by atoms with E-state index in [-0.39, 0.29) is 23.6 Å². The van der Waals surface area contributed by atoms with Gasteiger partial charge >= 0.3 is 0 Å². The standard InChI is InChI=1S/C19H19ClFN3O3/c1-3-26-18(27-4-2)17-8-16(12-5-6-15(21)14(20)7-12)23-24(17)19(11-22)9-13(25)10-19/h5-8,18H,3-4,9-10H2,1-2H3. The van der Waals surface area contributed by atoms with Crippen LogP contribution in [-0.4, -0.2) is 28.8 Å². The predicted molar refractivity (Wildman–Crippen MR) is 96.5 cm³/mol. The Bertz CT molecular complexity index is 892. The Morgan fingerprint density at radius 3 is 2.52 bits per heavy atom. The van der Waals surface area contributed by atoms with E-state index >= 15 is 0 Å². The van der Waals surface area contributed by atoms with Crippen LogP contribution in [0.25, 0.3) is 11.3 Å². The minimum absolute atomic E-state index is 0.00579. The second kappa shape index (κ2) is 7.77. The third kappa shape index (κ3) is 3.61. The highest BCUT2D eigenvalue weighted by Gasteiger charge is 2.48. The highest BCUT2D eigenvalue weighted by Crippen LogP contribution is 2.40. The topological polar surface area (TPSA) is 77.1 Å². The first kappa shape index (κ1) is 19.5. The van der Waals surface area contributed by atoms with Crippen molar-refractivity contribution < 1.29 is 18.7 Å². The first-order chi connectivity index (χ1) is 12.9. The van der Waals surface area contributed by atoms with Crippen LogP contribution in [0.15, 0.2) is 24.3 Å². The van der Waals surface area contributed by atoms with E-state index in [1.807, 2.05) is 13.8 Å². The first-order valence-corrected chi connectivity index (χ1v) is 9.04. The molecule has 1 aromatic carbocycles. The smallest absolute Gasteiger partial charge is 0.200 e. The summed E-state index contributed by atoms with van der Waals surface area (Å²) in [4.78, 5) is 11.6. The molecule has 0 atom stereocenters. The van der Waals surface area contributed by atoms with Crippen molar-refractivity contribution in [2.75, 3.05) is 13.2 Å². The number of Topliss-reactive ketones (excluding diaryl/α,β-unsaturated/α-hetero) is 1. The molecule has 1 saturated carbocycles. The highest BCUT2D eigenvalue weighted by molar-refractivity contribution is 6.31. The molecule has 0 radical (unpaired) electrons. The Morgan fingerprint density at radius 2 is 2.00 bits per heavy atom. The number of benzene rings is 1. The molecule has 1 aromatic heterocycles. The Balaban J connectivity index is 2.12. The summed E-state index contributed by atoms with van der Waals surface area (Å²) in [5, 5.41) is 14.2. The molecule has 0 unspecified atom stereocenters. The number of ether oxygens (including phenoxy) is 2. The van der Waals surface area contributed by atoms with Gasteiger partial charge in [0.25, 0.3) is 0 Å². The molecule has 0 amide bonds. The summed E-state index contributed by atoms with van der Waals surface area (Å²) in [5.74, 6) is -0.534. The lowest BCUT2D eigenvalue weighted by Gasteiger charge is -2.36. The normalized spacial score (nSPS) is 15.6. The molecule has 1 fully saturated rings. The summed E-state index contributed by atoms with van der Waals surface area (Å²) in [5.41, 5.74) is 0.543. The molecule has 27 heavy (non-hydrogen) atoms. The van der Waals surface area contributed by atoms with Gasteiger partial charge in [0.15, 0.2) is 5.54 Å². The van der Waals surface area contributed by atoms with Gasteiger partial charge in [0.2, 0.25) is 6.29 Å². The van der Waals surface area contributed by atoms with Crippen molar-refractivity contribution in [3.63, 3.8) is 0 Å². The molecular formula is C19H19ClFN3O3. The molecule has 3 rings (SSSR count). The van der Waals surface area contributed by atoms with Crippen LogP contribution in [0.2, 0.25) is 5.02 Å². The number of aromatic nitrogens is 2. The number of ketones is 1. The third-order valence-corrected chi connectivity index (χ3v) is 4.71. The van der Waals surface area contributed by atoms with Gasteiger partial charge in [-0.2, -0.15) is 10.4 Å². The largest absolute Gasteiger partial charge is 0.347 e. The quantitative estimate of drug-likeness (QED) is 0.667. The zero-order valence-corrected chi connectivity index (χ0v) is 15.8. The molecule has 142 valence electrons. The zero-order valence-electron chi connectivity index (χ0n) is 15.0. The van der Waals surface area contributed by atoms with Gasteiger partial charge in [-0.05, 0) is 38.1 Å². The van der Waals surface area contributed by atoms with E-state index < -0.39 is 17.6 Å². The monoisotopic (exact) mass is 391 g/mol. The Morgan fingerprint density at radius 1 is 1.33 bits per heavy atom. The van der Waals surface area contributed by atoms with Gasteiger partial charge in [0, 0.05) is 31.6 Å². The second-order valence-corrected chi connectivity index (χ2v) is 6.68. The minimum atomic E-state index is -1.07. The number of hydrogen-bond acceptors (Lipinski definition) is 5. The molecule has 0 bridgehead atoms. The van der Waals surface area contributed by atoms with Gasteiger partial charge in [0.1, 0.15) is 11.6 Å². The van der Waals surface area contributed by atoms with Crippen LogP contribution in [0.5, 0.6) is 0 Å². The number of carbonyl (C=O) groups is 1. The molecule has 8 heteroatoms. The van der Waals surface area contributed by atoms with Crippen LogP contribution in [0.3, 0.4) is 0 Å². The van der Waals surface area contributed by atoms with Crippen molar-refractivity contribution in [1.29, 1.82) is 5.26 Å². The van der Waals surface area contributed by atoms with Gasteiger partial charge in [-0.3, -0.25) is 4.79 Å². The van der Waals surface area contributed by atoms with E-state index in [2.05, 4.69) is 11.2 Å². The second-order valence-electron chi connectivity index (χ2n) is 6.27. The van der Waals surface area contributed by atoms with Gasteiger partial charge in [-0.25, -0.2) is 9.07 Å². The van der Waals surface area contributed by atoms with Gasteiger partial charge in [0.05, 0.1) is 22.5 Å². The van der Waals surface area contributed by atoms with Crippen molar-refractivity contribution >= 4 is 17.4 Å². The average molecular weight is 392 g/mol. The minimum Gasteiger partial charge on any atom is -0.347 e. The maximum Gasteiger partial charge on any atom is 0.200 e. The van der Waals surface area contributed by atoms with Crippen LogP contribution in [0.1, 0.15) is 38.7 Å². The molecule has 0 N–H and O–H groups in total. The fourth-order valence-electron chi connectivity index (χ4n) is 3.10. The molecule has 1 heterocycles. The molecule has 0 spiro atoms. The number of nitriles is 1. The van der Waals surface area contributed by atoms with Crippen molar-refractivity contribution in [3.05, 3.63) is 40.8 Å². The van der Waals surface area contributed by atoms with E-state index in [9.17, 15) is 14.4 Å². The number of rotatable bonds is 7.